The first kappa shape index (κ1) is 21.3. The van der Waals surface area contributed by atoms with Crippen LogP contribution in [-0.2, 0) is 19.6 Å². The highest BCUT2D eigenvalue weighted by Crippen LogP contribution is 2.26. The van der Waals surface area contributed by atoms with Crippen molar-refractivity contribution in [2.45, 2.75) is 17.9 Å². The SMILES string of the molecule is COC[C@H](C)NC(=O)CN(c1cccc([N+](=O)[O-])c1)S(=O)(=O)c1ccccc1. The Balaban J connectivity index is 2.43. The summed E-state index contributed by atoms with van der Waals surface area (Å²) < 4.78 is 32.0. The van der Waals surface area contributed by atoms with Gasteiger partial charge in [-0.1, -0.05) is 24.3 Å². The second-order valence-corrected chi connectivity index (χ2v) is 7.89. The summed E-state index contributed by atoms with van der Waals surface area (Å²) in [5.74, 6) is -0.560. The number of hydrogen-bond acceptors (Lipinski definition) is 6. The Morgan fingerprint density at radius 3 is 2.50 bits per heavy atom. The molecule has 0 bridgehead atoms. The molecule has 150 valence electrons. The number of sulfonamides is 1. The maximum Gasteiger partial charge on any atom is 0.271 e. The maximum absolute atomic E-state index is 13.1. The lowest BCUT2D eigenvalue weighted by Gasteiger charge is -2.24. The van der Waals surface area contributed by atoms with Crippen LogP contribution in [0, 0.1) is 10.1 Å². The summed E-state index contributed by atoms with van der Waals surface area (Å²) in [4.78, 5) is 22.8. The smallest absolute Gasteiger partial charge is 0.271 e. The molecule has 0 aliphatic carbocycles. The zero-order valence-corrected chi connectivity index (χ0v) is 16.3. The third-order valence-corrected chi connectivity index (χ3v) is 5.56. The largest absolute Gasteiger partial charge is 0.383 e. The Labute approximate surface area is 163 Å². The summed E-state index contributed by atoms with van der Waals surface area (Å²) in [5, 5.41) is 13.7. The van der Waals surface area contributed by atoms with E-state index >= 15 is 0 Å². The van der Waals surface area contributed by atoms with Crippen LogP contribution in [0.5, 0.6) is 0 Å². The Kier molecular flexibility index (Phi) is 7.07. The van der Waals surface area contributed by atoms with E-state index in [1.54, 1.807) is 25.1 Å². The molecule has 2 aromatic carbocycles. The van der Waals surface area contributed by atoms with Crippen LogP contribution >= 0.6 is 0 Å². The van der Waals surface area contributed by atoms with E-state index in [-0.39, 0.29) is 28.9 Å². The van der Waals surface area contributed by atoms with Crippen molar-refractivity contribution in [3.05, 3.63) is 64.7 Å². The number of nitro groups is 1. The third kappa shape index (κ3) is 5.27. The van der Waals surface area contributed by atoms with Crippen molar-refractivity contribution in [3.8, 4) is 0 Å². The van der Waals surface area contributed by atoms with Gasteiger partial charge in [-0.2, -0.15) is 0 Å². The topological polar surface area (TPSA) is 119 Å². The number of amides is 1. The van der Waals surface area contributed by atoms with Crippen LogP contribution in [0.1, 0.15) is 6.92 Å². The number of benzene rings is 2. The number of ether oxygens (including phenoxy) is 1. The van der Waals surface area contributed by atoms with Crippen molar-refractivity contribution in [2.75, 3.05) is 24.6 Å². The summed E-state index contributed by atoms with van der Waals surface area (Å²) >= 11 is 0. The van der Waals surface area contributed by atoms with E-state index in [2.05, 4.69) is 5.32 Å². The third-order valence-electron chi connectivity index (χ3n) is 3.77. The van der Waals surface area contributed by atoms with Crippen LogP contribution in [0.2, 0.25) is 0 Å². The van der Waals surface area contributed by atoms with Crippen LogP contribution < -0.4 is 9.62 Å². The Hall–Kier alpha value is -2.98. The molecule has 10 heteroatoms. The fourth-order valence-electron chi connectivity index (χ4n) is 2.54. The van der Waals surface area contributed by atoms with Crippen molar-refractivity contribution in [1.29, 1.82) is 0 Å². The van der Waals surface area contributed by atoms with E-state index in [0.717, 1.165) is 10.4 Å². The summed E-state index contributed by atoms with van der Waals surface area (Å²) in [6.45, 7) is 1.44. The van der Waals surface area contributed by atoms with Gasteiger partial charge in [0.1, 0.15) is 6.54 Å². The summed E-state index contributed by atoms with van der Waals surface area (Å²) in [5.41, 5.74) is -0.258. The maximum atomic E-state index is 13.1. The first-order chi connectivity index (χ1) is 13.3. The first-order valence-corrected chi connectivity index (χ1v) is 9.80. The number of anilines is 1. The number of hydrogen-bond donors (Lipinski definition) is 1. The highest BCUT2D eigenvalue weighted by molar-refractivity contribution is 7.92. The zero-order valence-electron chi connectivity index (χ0n) is 15.4. The van der Waals surface area contributed by atoms with E-state index in [9.17, 15) is 23.3 Å². The van der Waals surface area contributed by atoms with Crippen LogP contribution in [-0.4, -0.2) is 45.6 Å². The van der Waals surface area contributed by atoms with Crippen molar-refractivity contribution in [2.24, 2.45) is 0 Å². The van der Waals surface area contributed by atoms with Gasteiger partial charge in [-0.3, -0.25) is 19.2 Å². The number of rotatable bonds is 9. The molecule has 0 fully saturated rings. The number of nitrogens with one attached hydrogen (secondary N) is 1. The van der Waals surface area contributed by atoms with E-state index in [1.807, 2.05) is 0 Å². The molecule has 0 spiro atoms. The fourth-order valence-corrected chi connectivity index (χ4v) is 3.97. The van der Waals surface area contributed by atoms with Crippen LogP contribution in [0.4, 0.5) is 11.4 Å². The van der Waals surface area contributed by atoms with E-state index < -0.39 is 27.4 Å². The predicted octanol–water partition coefficient (Wildman–Crippen LogP) is 1.94. The fraction of sp³-hybridized carbons (Fsp3) is 0.278. The average molecular weight is 407 g/mol. The number of nitro benzene ring substituents is 1. The standard InChI is InChI=1S/C18H21N3O6S/c1-14(13-27-2)19-18(22)12-20(15-7-6-8-16(11-15)21(23)24)28(25,26)17-9-4-3-5-10-17/h3-11,14H,12-13H2,1-2H3,(H,19,22)/t14-/m0/s1. The summed E-state index contributed by atoms with van der Waals surface area (Å²) in [6.07, 6.45) is 0. The molecular weight excluding hydrogens is 386 g/mol. The average Bonchev–Trinajstić information content (AvgIpc) is 2.67. The molecule has 1 amide bonds. The highest BCUT2D eigenvalue weighted by Gasteiger charge is 2.28. The van der Waals surface area contributed by atoms with Gasteiger partial charge in [-0.15, -0.1) is 0 Å². The van der Waals surface area contributed by atoms with Crippen molar-refractivity contribution in [1.82, 2.24) is 5.32 Å². The molecule has 0 saturated heterocycles. The minimum atomic E-state index is -4.12. The molecule has 2 rings (SSSR count). The Morgan fingerprint density at radius 1 is 1.21 bits per heavy atom. The molecular formula is C18H21N3O6S. The van der Waals surface area contributed by atoms with Gasteiger partial charge >= 0.3 is 0 Å². The monoisotopic (exact) mass is 407 g/mol. The van der Waals surface area contributed by atoms with E-state index in [1.165, 1.54) is 37.4 Å². The van der Waals surface area contributed by atoms with Crippen LogP contribution in [0.3, 0.4) is 0 Å². The second kappa shape index (κ2) is 9.29. The van der Waals surface area contributed by atoms with Crippen LogP contribution in [0.25, 0.3) is 0 Å². The van der Waals surface area contributed by atoms with Gasteiger partial charge in [-0.05, 0) is 25.1 Å². The second-order valence-electron chi connectivity index (χ2n) is 6.03. The molecule has 0 saturated carbocycles. The lowest BCUT2D eigenvalue weighted by Crippen LogP contribution is -2.44. The van der Waals surface area contributed by atoms with Crippen LogP contribution in [0.15, 0.2) is 59.5 Å². The molecule has 0 aromatic heterocycles. The van der Waals surface area contributed by atoms with Gasteiger partial charge < -0.3 is 10.1 Å². The predicted molar refractivity (Wildman–Crippen MR) is 104 cm³/mol. The number of nitrogens with zero attached hydrogens (tertiary/aromatic N) is 2. The number of carbonyl (C=O) groups is 1. The quantitative estimate of drug-likeness (QED) is 0.501. The van der Waals surface area contributed by atoms with Gasteiger partial charge in [0.05, 0.1) is 22.1 Å². The van der Waals surface area contributed by atoms with E-state index in [4.69, 9.17) is 4.74 Å². The lowest BCUT2D eigenvalue weighted by atomic mass is 10.3. The molecule has 1 N–H and O–H groups in total. The number of methoxy groups -OCH3 is 1. The molecule has 0 radical (unpaired) electrons. The molecule has 0 heterocycles. The molecule has 1 atom stereocenters. The molecule has 2 aromatic rings. The zero-order chi connectivity index (χ0) is 20.7. The molecule has 28 heavy (non-hydrogen) atoms. The van der Waals surface area contributed by atoms with Gasteiger partial charge in [0.15, 0.2) is 0 Å². The summed E-state index contributed by atoms with van der Waals surface area (Å²) in [6, 6.07) is 12.4. The Morgan fingerprint density at radius 2 is 1.89 bits per heavy atom. The summed E-state index contributed by atoms with van der Waals surface area (Å²) in [7, 11) is -2.64. The van der Waals surface area contributed by atoms with Gasteiger partial charge in [0, 0.05) is 25.3 Å². The van der Waals surface area contributed by atoms with E-state index in [0.29, 0.717) is 0 Å². The first-order valence-electron chi connectivity index (χ1n) is 8.36. The van der Waals surface area contributed by atoms with Crippen molar-refractivity contribution >= 4 is 27.3 Å². The molecule has 0 aliphatic heterocycles. The van der Waals surface area contributed by atoms with Gasteiger partial charge in [-0.25, -0.2) is 8.42 Å². The lowest BCUT2D eigenvalue weighted by molar-refractivity contribution is -0.384. The van der Waals surface area contributed by atoms with Crippen molar-refractivity contribution < 1.29 is 22.9 Å². The van der Waals surface area contributed by atoms with Crippen molar-refractivity contribution in [3.63, 3.8) is 0 Å². The normalized spacial score (nSPS) is 12.2. The number of carbonyl (C=O) groups excluding carboxylic acids is 1. The number of non-ortho nitro benzene ring substituents is 1. The molecule has 0 aliphatic rings. The highest BCUT2D eigenvalue weighted by atomic mass is 32.2. The molecule has 9 nitrogen and oxygen atoms in total. The Bertz CT molecular complexity index is 933. The minimum absolute atomic E-state index is 0.0209. The minimum Gasteiger partial charge on any atom is -0.383 e. The molecule has 0 unspecified atom stereocenters. The van der Waals surface area contributed by atoms with Gasteiger partial charge in [0.2, 0.25) is 5.91 Å². The van der Waals surface area contributed by atoms with Gasteiger partial charge in [0.25, 0.3) is 15.7 Å².